The van der Waals surface area contributed by atoms with E-state index in [1.54, 1.807) is 0 Å². The van der Waals surface area contributed by atoms with Gasteiger partial charge < -0.3 is 15.6 Å². The van der Waals surface area contributed by atoms with Crippen LogP contribution in [0.25, 0.3) is 0 Å². The molecule has 29 heavy (non-hydrogen) atoms. The second-order valence-corrected chi connectivity index (χ2v) is 8.54. The molecule has 3 N–H and O–H groups in total. The lowest BCUT2D eigenvalue weighted by Gasteiger charge is -2.30. The lowest BCUT2D eigenvalue weighted by Crippen LogP contribution is -2.26. The summed E-state index contributed by atoms with van der Waals surface area (Å²) in [6.45, 7) is 4.46. The Hall–Kier alpha value is -2.65. The number of piperidine rings is 1. The molecule has 6 heteroatoms. The number of nitriles is 1. The van der Waals surface area contributed by atoms with E-state index in [2.05, 4.69) is 45.7 Å². The number of carbonyl (C=O) groups is 1. The molecule has 0 unspecified atom stereocenters. The van der Waals surface area contributed by atoms with Crippen LogP contribution in [0.1, 0.15) is 84.7 Å². The van der Waals surface area contributed by atoms with Gasteiger partial charge in [-0.2, -0.15) is 5.26 Å². The quantitative estimate of drug-likeness (QED) is 0.724. The van der Waals surface area contributed by atoms with Gasteiger partial charge in [-0.1, -0.05) is 31.9 Å². The molecule has 4 rings (SSSR count). The van der Waals surface area contributed by atoms with Crippen molar-refractivity contribution in [2.45, 2.75) is 57.3 Å². The fourth-order valence-electron chi connectivity index (χ4n) is 4.69. The van der Waals surface area contributed by atoms with E-state index in [9.17, 15) is 4.79 Å². The number of aromatic amines is 1. The maximum atomic E-state index is 12.7. The number of imidazole rings is 1. The van der Waals surface area contributed by atoms with Crippen molar-refractivity contribution in [3.8, 4) is 6.07 Å². The monoisotopic (exact) mass is 391 g/mol. The predicted octanol–water partition coefficient (Wildman–Crippen LogP) is 4.29. The van der Waals surface area contributed by atoms with E-state index >= 15 is 0 Å². The van der Waals surface area contributed by atoms with Crippen LogP contribution >= 0.6 is 0 Å². The summed E-state index contributed by atoms with van der Waals surface area (Å²) in [5, 5.41) is 15.4. The van der Waals surface area contributed by atoms with Gasteiger partial charge in [0.2, 0.25) is 0 Å². The fraction of sp³-hybridized carbons (Fsp3) is 0.522. The van der Waals surface area contributed by atoms with Crippen molar-refractivity contribution in [1.29, 1.82) is 5.26 Å². The van der Waals surface area contributed by atoms with Gasteiger partial charge in [-0.25, -0.2) is 4.98 Å². The Balaban J connectivity index is 1.60. The van der Waals surface area contributed by atoms with Gasteiger partial charge in [0, 0.05) is 5.69 Å². The molecule has 1 aliphatic carbocycles. The summed E-state index contributed by atoms with van der Waals surface area (Å²) >= 11 is 0. The molecule has 0 atom stereocenters. The minimum atomic E-state index is -0.299. The van der Waals surface area contributed by atoms with Crippen LogP contribution in [0.4, 0.5) is 5.69 Å². The molecule has 2 heterocycles. The molecule has 1 aromatic carbocycles. The first kappa shape index (κ1) is 19.7. The summed E-state index contributed by atoms with van der Waals surface area (Å²) < 4.78 is 0. The summed E-state index contributed by atoms with van der Waals surface area (Å²) in [6, 6.07) is 8.55. The van der Waals surface area contributed by atoms with Crippen molar-refractivity contribution in [3.05, 3.63) is 47.0 Å². The number of rotatable bonds is 4. The van der Waals surface area contributed by atoms with Crippen molar-refractivity contribution in [2.24, 2.45) is 5.92 Å². The van der Waals surface area contributed by atoms with E-state index in [0.29, 0.717) is 11.8 Å². The van der Waals surface area contributed by atoms with Crippen LogP contribution in [0, 0.1) is 17.2 Å². The molecule has 152 valence electrons. The molecule has 0 radical (unpaired) electrons. The zero-order chi connectivity index (χ0) is 20.2. The summed E-state index contributed by atoms with van der Waals surface area (Å²) in [5.74, 6) is 1.73. The van der Waals surface area contributed by atoms with Gasteiger partial charge in [0.15, 0.2) is 5.82 Å². The Kier molecular flexibility index (Phi) is 5.96. The number of aromatic nitrogens is 2. The molecule has 1 saturated heterocycles. The van der Waals surface area contributed by atoms with Crippen molar-refractivity contribution < 1.29 is 4.79 Å². The summed E-state index contributed by atoms with van der Waals surface area (Å²) in [6.07, 6.45) is 8.52. The Bertz CT molecular complexity index is 898. The van der Waals surface area contributed by atoms with Crippen LogP contribution in [-0.2, 0) is 0 Å². The zero-order valence-corrected chi connectivity index (χ0v) is 17.0. The molecule has 1 amide bonds. The lowest BCUT2D eigenvalue weighted by atomic mass is 9.77. The molecule has 0 spiro atoms. The smallest absolute Gasteiger partial charge is 0.291 e. The topological polar surface area (TPSA) is 93.6 Å². The third-order valence-electron chi connectivity index (χ3n) is 6.50. The summed E-state index contributed by atoms with van der Waals surface area (Å²) in [7, 11) is 0. The molecule has 0 bridgehead atoms. The number of amides is 1. The van der Waals surface area contributed by atoms with Crippen molar-refractivity contribution >= 4 is 11.6 Å². The number of H-pyrrole nitrogens is 1. The summed E-state index contributed by atoms with van der Waals surface area (Å²) in [4.78, 5) is 19.5. The van der Waals surface area contributed by atoms with Crippen LogP contribution < -0.4 is 10.6 Å². The van der Waals surface area contributed by atoms with Crippen LogP contribution in [0.5, 0.6) is 0 Å². The molecule has 6 nitrogen and oxygen atoms in total. The Morgan fingerprint density at radius 2 is 1.90 bits per heavy atom. The van der Waals surface area contributed by atoms with Gasteiger partial charge in [-0.15, -0.1) is 0 Å². The highest BCUT2D eigenvalue weighted by Gasteiger charge is 2.25. The molecule has 2 fully saturated rings. The molecule has 2 aromatic rings. The van der Waals surface area contributed by atoms with Crippen LogP contribution in [0.15, 0.2) is 24.4 Å². The van der Waals surface area contributed by atoms with Gasteiger partial charge in [0.1, 0.15) is 11.8 Å². The van der Waals surface area contributed by atoms with Gasteiger partial charge in [0.05, 0.1) is 6.20 Å². The van der Waals surface area contributed by atoms with E-state index in [1.807, 2.05) is 6.07 Å². The largest absolute Gasteiger partial charge is 0.326 e. The third-order valence-corrected chi connectivity index (χ3v) is 6.50. The fourth-order valence-corrected chi connectivity index (χ4v) is 4.69. The molecule has 2 aliphatic rings. The highest BCUT2D eigenvalue weighted by atomic mass is 16.2. The lowest BCUT2D eigenvalue weighted by molar-refractivity contribution is 0.101. The average molecular weight is 392 g/mol. The molecule has 1 aromatic heterocycles. The number of nitrogens with one attached hydrogen (secondary N) is 3. The third kappa shape index (κ3) is 4.51. The number of anilines is 1. The highest BCUT2D eigenvalue weighted by molar-refractivity contribution is 6.02. The van der Waals surface area contributed by atoms with Crippen molar-refractivity contribution in [2.75, 3.05) is 18.4 Å². The standard InChI is InChI=1S/C23H29N5O/c1-15-2-4-17(5-3-15)20-12-18(16-8-10-25-11-9-16)6-7-21(20)28-23(29)22-26-14-19(13-24)27-22/h6-7,12,14-17,25H,2-5,8-11H2,1H3,(H,26,27)(H,28,29). The Morgan fingerprint density at radius 1 is 1.14 bits per heavy atom. The Labute approximate surface area is 172 Å². The predicted molar refractivity (Wildman–Crippen MR) is 113 cm³/mol. The first-order valence-electron chi connectivity index (χ1n) is 10.7. The second-order valence-electron chi connectivity index (χ2n) is 8.54. The van der Waals surface area contributed by atoms with E-state index in [0.717, 1.165) is 37.5 Å². The molecular weight excluding hydrogens is 362 g/mol. The van der Waals surface area contributed by atoms with Gasteiger partial charge >= 0.3 is 0 Å². The maximum Gasteiger partial charge on any atom is 0.291 e. The van der Waals surface area contributed by atoms with Crippen LogP contribution in [-0.4, -0.2) is 29.0 Å². The second kappa shape index (κ2) is 8.79. The summed E-state index contributed by atoms with van der Waals surface area (Å²) in [5.41, 5.74) is 3.82. The molecular formula is C23H29N5O. The van der Waals surface area contributed by atoms with Gasteiger partial charge in [-0.3, -0.25) is 4.79 Å². The highest BCUT2D eigenvalue weighted by Crippen LogP contribution is 2.40. The SMILES string of the molecule is CC1CCC(c2cc(C3CCNCC3)ccc2NC(=O)c2ncc(C#N)[nH]2)CC1. The molecule has 1 aliphatic heterocycles. The minimum Gasteiger partial charge on any atom is -0.326 e. The maximum absolute atomic E-state index is 12.7. The number of benzene rings is 1. The first-order chi connectivity index (χ1) is 14.1. The van der Waals surface area contributed by atoms with E-state index in [1.165, 1.54) is 43.0 Å². The van der Waals surface area contributed by atoms with E-state index in [4.69, 9.17) is 5.26 Å². The number of hydrogen-bond acceptors (Lipinski definition) is 4. The first-order valence-corrected chi connectivity index (χ1v) is 10.7. The van der Waals surface area contributed by atoms with Crippen molar-refractivity contribution in [1.82, 2.24) is 15.3 Å². The Morgan fingerprint density at radius 3 is 2.59 bits per heavy atom. The number of carbonyl (C=O) groups excluding carboxylic acids is 1. The van der Waals surface area contributed by atoms with Gasteiger partial charge in [0.25, 0.3) is 5.91 Å². The number of hydrogen-bond donors (Lipinski definition) is 3. The normalized spacial score (nSPS) is 22.8. The van der Waals surface area contributed by atoms with Gasteiger partial charge in [-0.05, 0) is 73.7 Å². The van der Waals surface area contributed by atoms with E-state index in [-0.39, 0.29) is 17.4 Å². The zero-order valence-electron chi connectivity index (χ0n) is 17.0. The van der Waals surface area contributed by atoms with Crippen LogP contribution in [0.3, 0.4) is 0 Å². The average Bonchev–Trinajstić information content (AvgIpc) is 3.25. The minimum absolute atomic E-state index is 0.173. The number of nitrogens with zero attached hydrogens (tertiary/aromatic N) is 2. The molecule has 1 saturated carbocycles. The van der Waals surface area contributed by atoms with E-state index < -0.39 is 0 Å². The van der Waals surface area contributed by atoms with Crippen LogP contribution in [0.2, 0.25) is 0 Å². The van der Waals surface area contributed by atoms with Crippen molar-refractivity contribution in [3.63, 3.8) is 0 Å².